The number of hydrogen-bond donors (Lipinski definition) is 1. The molecule has 5 heteroatoms. The molecular weight excluding hydrogens is 344 g/mol. The highest BCUT2D eigenvalue weighted by molar-refractivity contribution is 7.91. The number of rotatable bonds is 5. The Labute approximate surface area is 154 Å². The summed E-state index contributed by atoms with van der Waals surface area (Å²) in [7, 11) is -3.52. The van der Waals surface area contributed by atoms with Crippen LogP contribution >= 0.6 is 0 Å². The van der Waals surface area contributed by atoms with Crippen molar-refractivity contribution in [1.82, 2.24) is 9.88 Å². The van der Waals surface area contributed by atoms with E-state index in [2.05, 4.69) is 16.0 Å². The molecule has 0 bridgehead atoms. The van der Waals surface area contributed by atoms with Crippen molar-refractivity contribution in [2.24, 2.45) is 0 Å². The molecule has 2 aromatic carbocycles. The van der Waals surface area contributed by atoms with Gasteiger partial charge in [-0.2, -0.15) is 0 Å². The second kappa shape index (κ2) is 7.25. The van der Waals surface area contributed by atoms with Crippen molar-refractivity contribution in [2.75, 3.05) is 19.6 Å². The summed E-state index contributed by atoms with van der Waals surface area (Å²) in [6, 6.07) is 14.6. The summed E-state index contributed by atoms with van der Waals surface area (Å²) in [6.45, 7) is 3.38. The highest BCUT2D eigenvalue weighted by Gasteiger charge is 2.22. The molecule has 0 unspecified atom stereocenters. The number of nitrogens with zero attached hydrogens (tertiary/aromatic N) is 1. The minimum absolute atomic E-state index is 0.333. The molecule has 0 atom stereocenters. The molecule has 1 aliphatic heterocycles. The number of benzene rings is 2. The lowest BCUT2D eigenvalue weighted by Crippen LogP contribution is -2.31. The van der Waals surface area contributed by atoms with Crippen LogP contribution in [0.5, 0.6) is 0 Å². The third kappa shape index (κ3) is 3.29. The van der Waals surface area contributed by atoms with E-state index in [0.717, 1.165) is 23.9 Å². The van der Waals surface area contributed by atoms with Crippen LogP contribution in [0.25, 0.3) is 10.9 Å². The number of aromatic nitrogens is 1. The second-order valence-electron chi connectivity index (χ2n) is 6.96. The molecule has 0 radical (unpaired) electrons. The number of likely N-dealkylation sites (tertiary alicyclic amines) is 1. The van der Waals surface area contributed by atoms with Gasteiger partial charge in [0, 0.05) is 18.1 Å². The minimum Gasteiger partial charge on any atom is -0.360 e. The number of nitrogens with one attached hydrogen (secondary N) is 1. The lowest BCUT2D eigenvalue weighted by Gasteiger charge is -2.26. The molecule has 26 heavy (non-hydrogen) atoms. The molecule has 0 saturated carbocycles. The summed E-state index contributed by atoms with van der Waals surface area (Å²) in [4.78, 5) is 6.42. The van der Waals surface area contributed by atoms with Gasteiger partial charge in [0.25, 0.3) is 0 Å². The normalized spacial score (nSPS) is 16.2. The van der Waals surface area contributed by atoms with E-state index in [4.69, 9.17) is 0 Å². The molecule has 0 aliphatic carbocycles. The fourth-order valence-corrected chi connectivity index (χ4v) is 5.25. The summed E-state index contributed by atoms with van der Waals surface area (Å²) < 4.78 is 26.0. The first-order chi connectivity index (χ1) is 12.7. The predicted molar refractivity (Wildman–Crippen MR) is 104 cm³/mol. The van der Waals surface area contributed by atoms with Crippen molar-refractivity contribution < 1.29 is 8.42 Å². The molecule has 0 amide bonds. The van der Waals surface area contributed by atoms with E-state index in [-0.39, 0.29) is 0 Å². The van der Waals surface area contributed by atoms with Gasteiger partial charge in [-0.25, -0.2) is 8.42 Å². The number of piperidine rings is 1. The molecule has 3 aromatic rings. The molecule has 4 nitrogen and oxygen atoms in total. The summed E-state index contributed by atoms with van der Waals surface area (Å²) >= 11 is 0. The largest absolute Gasteiger partial charge is 0.360 e. The van der Waals surface area contributed by atoms with E-state index >= 15 is 0 Å². The molecule has 1 fully saturated rings. The van der Waals surface area contributed by atoms with Gasteiger partial charge in [-0.1, -0.05) is 42.8 Å². The van der Waals surface area contributed by atoms with Gasteiger partial charge in [0.1, 0.15) is 0 Å². The summed E-state index contributed by atoms with van der Waals surface area (Å²) in [6.07, 6.45) is 6.47. The molecule has 136 valence electrons. The van der Waals surface area contributed by atoms with Gasteiger partial charge in [0.15, 0.2) is 0 Å². The Kier molecular flexibility index (Phi) is 4.83. The van der Waals surface area contributed by atoms with Crippen LogP contribution in [0, 0.1) is 0 Å². The third-order valence-electron chi connectivity index (χ3n) is 5.25. The van der Waals surface area contributed by atoms with Gasteiger partial charge in [-0.05, 0) is 50.0 Å². The molecule has 1 saturated heterocycles. The van der Waals surface area contributed by atoms with Gasteiger partial charge in [-0.3, -0.25) is 0 Å². The van der Waals surface area contributed by atoms with Crippen LogP contribution in [0.4, 0.5) is 0 Å². The molecule has 1 aliphatic rings. The van der Waals surface area contributed by atoms with E-state index in [1.807, 2.05) is 18.2 Å². The molecule has 4 rings (SSSR count). The van der Waals surface area contributed by atoms with Gasteiger partial charge in [0.2, 0.25) is 9.84 Å². The Balaban J connectivity index is 1.65. The highest BCUT2D eigenvalue weighted by Crippen LogP contribution is 2.30. The maximum atomic E-state index is 13.0. The smallest absolute Gasteiger partial charge is 0.208 e. The zero-order valence-corrected chi connectivity index (χ0v) is 15.6. The quantitative estimate of drug-likeness (QED) is 0.740. The van der Waals surface area contributed by atoms with Gasteiger partial charge >= 0.3 is 0 Å². The van der Waals surface area contributed by atoms with Crippen LogP contribution in [-0.2, 0) is 16.3 Å². The SMILES string of the molecule is O=S(=O)(c1ccccc1)c1c[nH]c2c(CCN3CCCCC3)cccc12. The third-order valence-corrected chi connectivity index (χ3v) is 7.06. The number of aromatic amines is 1. The van der Waals surface area contributed by atoms with Crippen molar-refractivity contribution >= 4 is 20.7 Å². The fourth-order valence-electron chi connectivity index (χ4n) is 3.81. The van der Waals surface area contributed by atoms with Crippen LogP contribution in [-0.4, -0.2) is 37.9 Å². The van der Waals surface area contributed by atoms with Crippen LogP contribution in [0.3, 0.4) is 0 Å². The van der Waals surface area contributed by atoms with Crippen molar-refractivity contribution in [3.63, 3.8) is 0 Å². The molecule has 1 N–H and O–H groups in total. The number of H-pyrrole nitrogens is 1. The monoisotopic (exact) mass is 368 g/mol. The number of fused-ring (bicyclic) bond motifs is 1. The van der Waals surface area contributed by atoms with E-state index in [9.17, 15) is 8.42 Å². The van der Waals surface area contributed by atoms with E-state index in [1.54, 1.807) is 30.5 Å². The Morgan fingerprint density at radius 2 is 1.69 bits per heavy atom. The fraction of sp³-hybridized carbons (Fsp3) is 0.333. The maximum Gasteiger partial charge on any atom is 0.208 e. The zero-order chi connectivity index (χ0) is 18.0. The van der Waals surface area contributed by atoms with Crippen LogP contribution in [0.2, 0.25) is 0 Å². The van der Waals surface area contributed by atoms with E-state index in [0.29, 0.717) is 9.79 Å². The Morgan fingerprint density at radius 1 is 0.923 bits per heavy atom. The van der Waals surface area contributed by atoms with Crippen molar-refractivity contribution in [3.05, 3.63) is 60.3 Å². The number of para-hydroxylation sites is 1. The van der Waals surface area contributed by atoms with E-state index < -0.39 is 9.84 Å². The number of sulfone groups is 1. The topological polar surface area (TPSA) is 53.2 Å². The molecule has 1 aromatic heterocycles. The Hall–Kier alpha value is -2.11. The van der Waals surface area contributed by atoms with E-state index in [1.165, 1.54) is 37.9 Å². The standard InChI is InChI=1S/C21H24N2O2S/c24-26(25,18-9-3-1-4-10-18)20-16-22-21-17(8-7-11-19(20)21)12-15-23-13-5-2-6-14-23/h1,3-4,7-11,16,22H,2,5-6,12-15H2. The molecular formula is C21H24N2O2S. The van der Waals surface area contributed by atoms with Crippen molar-refractivity contribution in [3.8, 4) is 0 Å². The lowest BCUT2D eigenvalue weighted by atomic mass is 10.1. The van der Waals surface area contributed by atoms with Gasteiger partial charge in [-0.15, -0.1) is 0 Å². The minimum atomic E-state index is -3.52. The van der Waals surface area contributed by atoms with Crippen molar-refractivity contribution in [1.29, 1.82) is 0 Å². The predicted octanol–water partition coefficient (Wildman–Crippen LogP) is 4.03. The Bertz CT molecular complexity index is 987. The summed E-state index contributed by atoms with van der Waals surface area (Å²) in [5, 5.41) is 0.782. The van der Waals surface area contributed by atoms with Crippen molar-refractivity contribution in [2.45, 2.75) is 35.5 Å². The zero-order valence-electron chi connectivity index (χ0n) is 14.8. The Morgan fingerprint density at radius 3 is 2.46 bits per heavy atom. The first kappa shape index (κ1) is 17.3. The maximum absolute atomic E-state index is 13.0. The number of hydrogen-bond acceptors (Lipinski definition) is 3. The lowest BCUT2D eigenvalue weighted by molar-refractivity contribution is 0.231. The average Bonchev–Trinajstić information content (AvgIpc) is 3.13. The second-order valence-corrected chi connectivity index (χ2v) is 8.88. The average molecular weight is 369 g/mol. The van der Waals surface area contributed by atoms with Gasteiger partial charge in [0.05, 0.1) is 15.3 Å². The first-order valence-corrected chi connectivity index (χ1v) is 10.8. The first-order valence-electron chi connectivity index (χ1n) is 9.28. The van der Waals surface area contributed by atoms with Crippen LogP contribution < -0.4 is 0 Å². The van der Waals surface area contributed by atoms with Crippen LogP contribution in [0.1, 0.15) is 24.8 Å². The van der Waals surface area contributed by atoms with Gasteiger partial charge < -0.3 is 9.88 Å². The summed E-state index contributed by atoms with van der Waals surface area (Å²) in [5.41, 5.74) is 2.13. The summed E-state index contributed by atoms with van der Waals surface area (Å²) in [5.74, 6) is 0. The van der Waals surface area contributed by atoms with Crippen LogP contribution in [0.15, 0.2) is 64.5 Å². The molecule has 0 spiro atoms. The highest BCUT2D eigenvalue weighted by atomic mass is 32.2. The molecule has 2 heterocycles.